The van der Waals surface area contributed by atoms with E-state index in [0.717, 1.165) is 24.5 Å². The minimum Gasteiger partial charge on any atom is -0.493 e. The predicted octanol–water partition coefficient (Wildman–Crippen LogP) is 4.40. The highest BCUT2D eigenvalue weighted by atomic mass is 35.5. The molecule has 2 aromatic carbocycles. The summed E-state index contributed by atoms with van der Waals surface area (Å²) in [6.45, 7) is 5.46. The van der Waals surface area contributed by atoms with Crippen molar-refractivity contribution in [2.45, 2.75) is 12.5 Å². The number of methoxy groups -OCH3 is 2. The molecule has 24 heavy (non-hydrogen) atoms. The molecule has 0 fully saturated rings. The molecule has 0 saturated heterocycles. The minimum atomic E-state index is 0.130. The lowest BCUT2D eigenvalue weighted by Crippen LogP contribution is -2.37. The van der Waals surface area contributed by atoms with Crippen molar-refractivity contribution in [3.63, 3.8) is 0 Å². The summed E-state index contributed by atoms with van der Waals surface area (Å²) in [6, 6.07) is 14.8. The highest BCUT2D eigenvalue weighted by Gasteiger charge is 2.30. The smallest absolute Gasteiger partial charge is 0.161 e. The number of hydrogen-bond donors (Lipinski definition) is 0. The summed E-state index contributed by atoms with van der Waals surface area (Å²) in [5.74, 6) is 1.53. The second-order valence-electron chi connectivity index (χ2n) is 5.96. The Hall–Kier alpha value is -1.97. The van der Waals surface area contributed by atoms with Crippen LogP contribution in [0.5, 0.6) is 11.5 Å². The van der Waals surface area contributed by atoms with E-state index in [0.29, 0.717) is 11.6 Å². The molecular weight excluding hydrogens is 322 g/mol. The van der Waals surface area contributed by atoms with Crippen molar-refractivity contribution < 1.29 is 9.47 Å². The molecule has 0 amide bonds. The Balaban J connectivity index is 2.12. The minimum absolute atomic E-state index is 0.130. The first-order chi connectivity index (χ1) is 11.6. The van der Waals surface area contributed by atoms with Gasteiger partial charge in [-0.2, -0.15) is 0 Å². The van der Waals surface area contributed by atoms with Gasteiger partial charge in [0.2, 0.25) is 0 Å². The lowest BCUT2D eigenvalue weighted by Gasteiger charge is -2.38. The largest absolute Gasteiger partial charge is 0.493 e. The zero-order chi connectivity index (χ0) is 17.1. The Kier molecular flexibility index (Phi) is 5.12. The fourth-order valence-corrected chi connectivity index (χ4v) is 3.57. The van der Waals surface area contributed by atoms with Crippen molar-refractivity contribution >= 4 is 11.6 Å². The Morgan fingerprint density at radius 3 is 2.46 bits per heavy atom. The van der Waals surface area contributed by atoms with E-state index in [2.05, 4.69) is 47.9 Å². The summed E-state index contributed by atoms with van der Waals surface area (Å²) in [6.07, 6.45) is 0.948. The molecule has 1 heterocycles. The van der Waals surface area contributed by atoms with Crippen LogP contribution in [0.2, 0.25) is 0 Å². The Morgan fingerprint density at radius 1 is 1.17 bits per heavy atom. The van der Waals surface area contributed by atoms with Crippen LogP contribution >= 0.6 is 11.6 Å². The second-order valence-corrected chi connectivity index (χ2v) is 6.49. The first-order valence-corrected chi connectivity index (χ1v) is 8.39. The van der Waals surface area contributed by atoms with Gasteiger partial charge in [-0.05, 0) is 35.2 Å². The van der Waals surface area contributed by atoms with Crippen LogP contribution in [0, 0.1) is 0 Å². The van der Waals surface area contributed by atoms with Gasteiger partial charge in [0.1, 0.15) is 0 Å². The van der Waals surface area contributed by atoms with Crippen molar-refractivity contribution in [3.8, 4) is 11.5 Å². The van der Waals surface area contributed by atoms with Crippen molar-refractivity contribution in [2.24, 2.45) is 0 Å². The molecule has 3 nitrogen and oxygen atoms in total. The van der Waals surface area contributed by atoms with Crippen LogP contribution in [0.15, 0.2) is 54.1 Å². The van der Waals surface area contributed by atoms with Crippen molar-refractivity contribution in [1.82, 2.24) is 4.90 Å². The van der Waals surface area contributed by atoms with Gasteiger partial charge in [-0.15, -0.1) is 0 Å². The van der Waals surface area contributed by atoms with E-state index in [4.69, 9.17) is 21.1 Å². The highest BCUT2D eigenvalue weighted by molar-refractivity contribution is 6.29. The number of nitrogens with zero attached hydrogens (tertiary/aromatic N) is 1. The number of ether oxygens (including phenoxy) is 2. The predicted molar refractivity (Wildman–Crippen MR) is 98.1 cm³/mol. The summed E-state index contributed by atoms with van der Waals surface area (Å²) in [7, 11) is 3.34. The van der Waals surface area contributed by atoms with Gasteiger partial charge >= 0.3 is 0 Å². The van der Waals surface area contributed by atoms with Crippen LogP contribution in [-0.2, 0) is 6.42 Å². The molecule has 1 aliphatic heterocycles. The molecule has 3 rings (SSSR count). The normalized spacial score (nSPS) is 17.2. The molecule has 0 aliphatic carbocycles. The third-order valence-electron chi connectivity index (χ3n) is 4.46. The first kappa shape index (κ1) is 16.9. The molecule has 1 unspecified atom stereocenters. The van der Waals surface area contributed by atoms with E-state index in [1.54, 1.807) is 14.2 Å². The van der Waals surface area contributed by atoms with Crippen molar-refractivity contribution in [3.05, 3.63) is 70.8 Å². The standard InChI is InChI=1S/C20H22ClNO2/c1-14(21)13-22-10-9-16-11-18(23-2)19(24-3)12-17(16)20(22)15-7-5-4-6-8-15/h4-8,11-12,20H,1,9-10,13H2,2-3H3. The van der Waals surface area contributed by atoms with Crippen LogP contribution in [0.4, 0.5) is 0 Å². The van der Waals surface area contributed by atoms with Gasteiger partial charge in [0.25, 0.3) is 0 Å². The van der Waals surface area contributed by atoms with Gasteiger partial charge in [-0.25, -0.2) is 0 Å². The van der Waals surface area contributed by atoms with Crippen LogP contribution in [0.3, 0.4) is 0 Å². The maximum atomic E-state index is 6.12. The van der Waals surface area contributed by atoms with E-state index in [1.165, 1.54) is 16.7 Å². The van der Waals surface area contributed by atoms with Gasteiger partial charge in [-0.1, -0.05) is 48.5 Å². The average molecular weight is 344 g/mol. The topological polar surface area (TPSA) is 21.7 Å². The Labute approximate surface area is 148 Å². The molecule has 1 atom stereocenters. The quantitative estimate of drug-likeness (QED) is 0.803. The number of fused-ring (bicyclic) bond motifs is 1. The molecular formula is C20H22ClNO2. The Bertz CT molecular complexity index is 730. The van der Waals surface area contributed by atoms with Gasteiger partial charge < -0.3 is 9.47 Å². The molecule has 0 bridgehead atoms. The third-order valence-corrected chi connectivity index (χ3v) is 4.58. The van der Waals surface area contributed by atoms with E-state index >= 15 is 0 Å². The molecule has 2 aromatic rings. The van der Waals surface area contributed by atoms with Gasteiger partial charge in [-0.3, -0.25) is 4.90 Å². The van der Waals surface area contributed by atoms with Gasteiger partial charge in [0, 0.05) is 18.1 Å². The number of rotatable bonds is 5. The SMILES string of the molecule is C=C(Cl)CN1CCc2cc(OC)c(OC)cc2C1c1ccccc1. The summed E-state index contributed by atoms with van der Waals surface area (Å²) in [5, 5.41) is 0.653. The van der Waals surface area contributed by atoms with E-state index in [-0.39, 0.29) is 6.04 Å². The first-order valence-electron chi connectivity index (χ1n) is 8.01. The van der Waals surface area contributed by atoms with Crippen molar-refractivity contribution in [2.75, 3.05) is 27.3 Å². The lowest BCUT2D eigenvalue weighted by molar-refractivity contribution is 0.234. The van der Waals surface area contributed by atoms with Crippen LogP contribution in [0.25, 0.3) is 0 Å². The van der Waals surface area contributed by atoms with E-state index in [1.807, 2.05) is 6.07 Å². The molecule has 0 spiro atoms. The number of hydrogen-bond acceptors (Lipinski definition) is 3. The van der Waals surface area contributed by atoms with Crippen LogP contribution in [0.1, 0.15) is 22.7 Å². The Morgan fingerprint density at radius 2 is 1.83 bits per heavy atom. The summed E-state index contributed by atoms with van der Waals surface area (Å²) in [5.41, 5.74) is 3.77. The van der Waals surface area contributed by atoms with E-state index < -0.39 is 0 Å². The summed E-state index contributed by atoms with van der Waals surface area (Å²) < 4.78 is 11.0. The molecule has 0 radical (unpaired) electrons. The molecule has 0 aromatic heterocycles. The van der Waals surface area contributed by atoms with Gasteiger partial charge in [0.15, 0.2) is 11.5 Å². The maximum Gasteiger partial charge on any atom is 0.161 e. The summed E-state index contributed by atoms with van der Waals surface area (Å²) in [4.78, 5) is 2.36. The fraction of sp³-hybridized carbons (Fsp3) is 0.300. The summed E-state index contributed by atoms with van der Waals surface area (Å²) >= 11 is 6.12. The number of halogens is 1. The van der Waals surface area contributed by atoms with Crippen molar-refractivity contribution in [1.29, 1.82) is 0 Å². The zero-order valence-corrected chi connectivity index (χ0v) is 14.8. The van der Waals surface area contributed by atoms with Crippen LogP contribution in [-0.4, -0.2) is 32.2 Å². The average Bonchev–Trinajstić information content (AvgIpc) is 2.60. The maximum absolute atomic E-state index is 6.12. The van der Waals surface area contributed by atoms with E-state index in [9.17, 15) is 0 Å². The fourth-order valence-electron chi connectivity index (χ4n) is 3.41. The highest BCUT2D eigenvalue weighted by Crippen LogP contribution is 2.41. The molecule has 0 saturated carbocycles. The molecule has 0 N–H and O–H groups in total. The monoisotopic (exact) mass is 343 g/mol. The number of benzene rings is 2. The third kappa shape index (κ3) is 3.28. The second kappa shape index (κ2) is 7.29. The molecule has 4 heteroatoms. The lowest BCUT2D eigenvalue weighted by atomic mass is 9.87. The van der Waals surface area contributed by atoms with Crippen LogP contribution < -0.4 is 9.47 Å². The molecule has 1 aliphatic rings. The zero-order valence-electron chi connectivity index (χ0n) is 14.1. The van der Waals surface area contributed by atoms with Gasteiger partial charge in [0.05, 0.1) is 20.3 Å². The molecule has 126 valence electrons.